The van der Waals surface area contributed by atoms with Crippen LogP contribution in [0.4, 0.5) is 0 Å². The van der Waals surface area contributed by atoms with E-state index in [1.54, 1.807) is 18.2 Å². The largest absolute Gasteiger partial charge is 0.489 e. The van der Waals surface area contributed by atoms with Crippen LogP contribution in [0.5, 0.6) is 5.75 Å². The minimum absolute atomic E-state index is 0.0102. The lowest BCUT2D eigenvalue weighted by Gasteiger charge is -2.16. The number of ketones is 1. The number of rotatable bonds is 5. The molecule has 0 atom stereocenters. The van der Waals surface area contributed by atoms with Gasteiger partial charge in [0.25, 0.3) is 0 Å². The summed E-state index contributed by atoms with van der Waals surface area (Å²) in [5.41, 5.74) is 0.613. The van der Waals surface area contributed by atoms with E-state index >= 15 is 0 Å². The van der Waals surface area contributed by atoms with Gasteiger partial charge >= 0.3 is 0 Å². The van der Waals surface area contributed by atoms with E-state index in [9.17, 15) is 4.79 Å². The van der Waals surface area contributed by atoms with Gasteiger partial charge < -0.3 is 4.74 Å². The highest BCUT2D eigenvalue weighted by atomic mass is 35.5. The molecule has 0 radical (unpaired) electrons. The molecule has 0 amide bonds. The third-order valence-corrected chi connectivity index (χ3v) is 2.84. The molecule has 2 nitrogen and oxygen atoms in total. The topological polar surface area (TPSA) is 26.3 Å². The van der Waals surface area contributed by atoms with Gasteiger partial charge in [-0.05, 0) is 38.0 Å². The molecule has 1 rings (SSSR count). The minimum atomic E-state index is 0.0102. The van der Waals surface area contributed by atoms with E-state index in [1.165, 1.54) is 6.92 Å². The first-order chi connectivity index (χ1) is 7.58. The van der Waals surface area contributed by atoms with Crippen LogP contribution in [0.1, 0.15) is 44.0 Å². The van der Waals surface area contributed by atoms with Crippen molar-refractivity contribution in [2.24, 2.45) is 0 Å². The lowest BCUT2D eigenvalue weighted by atomic mass is 10.1. The molecule has 0 unspecified atom stereocenters. The number of halogens is 1. The van der Waals surface area contributed by atoms with Gasteiger partial charge in [-0.15, -0.1) is 0 Å². The number of carbonyl (C=O) groups excluding carboxylic acids is 1. The van der Waals surface area contributed by atoms with Crippen molar-refractivity contribution in [2.45, 2.75) is 39.7 Å². The molecule has 0 aliphatic rings. The van der Waals surface area contributed by atoms with E-state index in [0.29, 0.717) is 16.3 Å². The lowest BCUT2D eigenvalue weighted by molar-refractivity contribution is 0.101. The number of carbonyl (C=O) groups is 1. The molecule has 0 fully saturated rings. The van der Waals surface area contributed by atoms with Crippen molar-refractivity contribution in [3.8, 4) is 5.75 Å². The van der Waals surface area contributed by atoms with Gasteiger partial charge in [-0.1, -0.05) is 25.4 Å². The van der Waals surface area contributed by atoms with E-state index in [1.807, 2.05) is 0 Å². The first kappa shape index (κ1) is 13.0. The molecule has 0 saturated heterocycles. The second-order valence-electron chi connectivity index (χ2n) is 3.76. The zero-order valence-electron chi connectivity index (χ0n) is 9.92. The number of hydrogen-bond acceptors (Lipinski definition) is 2. The SMILES string of the molecule is CCC(CC)Oc1ccc(C(C)=O)cc1Cl. The van der Waals surface area contributed by atoms with Crippen LogP contribution in [0, 0.1) is 0 Å². The third-order valence-electron chi connectivity index (χ3n) is 2.54. The Morgan fingerprint density at radius 1 is 1.38 bits per heavy atom. The Kier molecular flexibility index (Phi) is 4.81. The van der Waals surface area contributed by atoms with Crippen molar-refractivity contribution in [3.63, 3.8) is 0 Å². The Hall–Kier alpha value is -1.02. The molecule has 0 aliphatic heterocycles. The van der Waals surface area contributed by atoms with Crippen molar-refractivity contribution in [2.75, 3.05) is 0 Å². The molecule has 0 aliphatic carbocycles. The second kappa shape index (κ2) is 5.90. The highest BCUT2D eigenvalue weighted by Crippen LogP contribution is 2.27. The maximum absolute atomic E-state index is 11.1. The quantitative estimate of drug-likeness (QED) is 0.724. The van der Waals surface area contributed by atoms with Crippen LogP contribution in [-0.4, -0.2) is 11.9 Å². The smallest absolute Gasteiger partial charge is 0.159 e. The van der Waals surface area contributed by atoms with Gasteiger partial charge in [0.1, 0.15) is 5.75 Å². The molecule has 0 N–H and O–H groups in total. The van der Waals surface area contributed by atoms with E-state index in [-0.39, 0.29) is 11.9 Å². The average molecular weight is 241 g/mol. The molecule has 3 heteroatoms. The Labute approximate surface area is 102 Å². The highest BCUT2D eigenvalue weighted by molar-refractivity contribution is 6.32. The molecule has 0 aromatic heterocycles. The summed E-state index contributed by atoms with van der Waals surface area (Å²) in [7, 11) is 0. The summed E-state index contributed by atoms with van der Waals surface area (Å²) < 4.78 is 5.74. The summed E-state index contributed by atoms with van der Waals surface area (Å²) >= 11 is 6.05. The van der Waals surface area contributed by atoms with Crippen LogP contribution in [0.3, 0.4) is 0 Å². The van der Waals surface area contributed by atoms with Gasteiger partial charge in [-0.25, -0.2) is 0 Å². The fraction of sp³-hybridized carbons (Fsp3) is 0.462. The molecular weight excluding hydrogens is 224 g/mol. The van der Waals surface area contributed by atoms with Crippen LogP contribution in [0.2, 0.25) is 5.02 Å². The lowest BCUT2D eigenvalue weighted by Crippen LogP contribution is -2.13. The van der Waals surface area contributed by atoms with Crippen molar-refractivity contribution in [3.05, 3.63) is 28.8 Å². The van der Waals surface area contributed by atoms with Gasteiger partial charge in [-0.2, -0.15) is 0 Å². The van der Waals surface area contributed by atoms with Gasteiger partial charge in [0.15, 0.2) is 5.78 Å². The minimum Gasteiger partial charge on any atom is -0.489 e. The van der Waals surface area contributed by atoms with E-state index < -0.39 is 0 Å². The summed E-state index contributed by atoms with van der Waals surface area (Å²) in [6.45, 7) is 5.67. The summed E-state index contributed by atoms with van der Waals surface area (Å²) in [5.74, 6) is 0.663. The van der Waals surface area contributed by atoms with Crippen molar-refractivity contribution >= 4 is 17.4 Å². The van der Waals surface area contributed by atoms with Crippen molar-refractivity contribution in [1.29, 1.82) is 0 Å². The Morgan fingerprint density at radius 3 is 2.44 bits per heavy atom. The maximum Gasteiger partial charge on any atom is 0.159 e. The van der Waals surface area contributed by atoms with Crippen LogP contribution in [-0.2, 0) is 0 Å². The predicted octanol–water partition coefficient (Wildman–Crippen LogP) is 4.11. The van der Waals surface area contributed by atoms with Gasteiger partial charge in [0, 0.05) is 5.56 Å². The highest BCUT2D eigenvalue weighted by Gasteiger charge is 2.10. The number of benzene rings is 1. The molecule has 0 spiro atoms. The zero-order chi connectivity index (χ0) is 12.1. The van der Waals surface area contributed by atoms with Gasteiger partial charge in [-0.3, -0.25) is 4.79 Å². The molecule has 1 aromatic rings. The van der Waals surface area contributed by atoms with E-state index in [2.05, 4.69) is 13.8 Å². The molecule has 0 saturated carbocycles. The fourth-order valence-electron chi connectivity index (χ4n) is 1.45. The van der Waals surface area contributed by atoms with E-state index in [4.69, 9.17) is 16.3 Å². The summed E-state index contributed by atoms with van der Waals surface area (Å²) in [6.07, 6.45) is 2.07. The van der Waals surface area contributed by atoms with Crippen LogP contribution in [0.15, 0.2) is 18.2 Å². The normalized spacial score (nSPS) is 10.6. The average Bonchev–Trinajstić information content (AvgIpc) is 2.27. The van der Waals surface area contributed by atoms with Crippen molar-refractivity contribution in [1.82, 2.24) is 0 Å². The Balaban J connectivity index is 2.86. The molecule has 16 heavy (non-hydrogen) atoms. The Bertz CT molecular complexity index is 370. The number of hydrogen-bond donors (Lipinski definition) is 0. The predicted molar refractivity (Wildman–Crippen MR) is 66.5 cm³/mol. The first-order valence-electron chi connectivity index (χ1n) is 5.55. The summed E-state index contributed by atoms with van der Waals surface area (Å²) in [6, 6.07) is 5.16. The molecule has 88 valence electrons. The molecule has 0 heterocycles. The Morgan fingerprint density at radius 2 is 2.00 bits per heavy atom. The summed E-state index contributed by atoms with van der Waals surface area (Å²) in [4.78, 5) is 11.1. The standard InChI is InChI=1S/C13H17ClO2/c1-4-11(5-2)16-13-7-6-10(9(3)15)8-12(13)14/h6-8,11H,4-5H2,1-3H3. The van der Waals surface area contributed by atoms with E-state index in [0.717, 1.165) is 12.8 Å². The molecule has 1 aromatic carbocycles. The van der Waals surface area contributed by atoms with Crippen LogP contribution >= 0.6 is 11.6 Å². The molecule has 0 bridgehead atoms. The summed E-state index contributed by atoms with van der Waals surface area (Å²) in [5, 5.41) is 0.500. The van der Waals surface area contributed by atoms with Crippen LogP contribution < -0.4 is 4.74 Å². The molecular formula is C13H17ClO2. The second-order valence-corrected chi connectivity index (χ2v) is 4.16. The van der Waals surface area contributed by atoms with Gasteiger partial charge in [0.05, 0.1) is 11.1 Å². The zero-order valence-corrected chi connectivity index (χ0v) is 10.7. The monoisotopic (exact) mass is 240 g/mol. The third kappa shape index (κ3) is 3.24. The maximum atomic E-state index is 11.1. The number of ether oxygens (including phenoxy) is 1. The fourth-order valence-corrected chi connectivity index (χ4v) is 1.68. The first-order valence-corrected chi connectivity index (χ1v) is 5.93. The van der Waals surface area contributed by atoms with Gasteiger partial charge in [0.2, 0.25) is 0 Å². The number of Topliss-reactive ketones (excluding diaryl/α,β-unsaturated/α-hetero) is 1. The van der Waals surface area contributed by atoms with Crippen molar-refractivity contribution < 1.29 is 9.53 Å². The van der Waals surface area contributed by atoms with Crippen LogP contribution in [0.25, 0.3) is 0 Å².